The molecule has 0 saturated carbocycles. The van der Waals surface area contributed by atoms with E-state index in [0.29, 0.717) is 47.3 Å². The Morgan fingerprint density at radius 1 is 1.45 bits per heavy atom. The Kier molecular flexibility index (Phi) is 3.26. The minimum absolute atomic E-state index is 0.312. The van der Waals surface area contributed by atoms with Crippen LogP contribution in [-0.4, -0.2) is 33.3 Å². The van der Waals surface area contributed by atoms with Crippen LogP contribution in [0, 0.1) is 6.57 Å². The monoisotopic (exact) mass is 291 g/mol. The predicted octanol–water partition coefficient (Wildman–Crippen LogP) is 2.34. The number of hydrogen-bond acceptors (Lipinski definition) is 6. The third-order valence-electron chi connectivity index (χ3n) is 2.67. The van der Waals surface area contributed by atoms with Crippen LogP contribution in [0.2, 0.25) is 5.15 Å². The van der Waals surface area contributed by atoms with Gasteiger partial charge in [0, 0.05) is 12.7 Å². The molecular formula is C11H10ClN7O. The van der Waals surface area contributed by atoms with E-state index in [2.05, 4.69) is 35.6 Å². The van der Waals surface area contributed by atoms with Gasteiger partial charge in [0.05, 0.1) is 13.2 Å². The Labute approximate surface area is 119 Å². The number of fused-ring (bicyclic) bond motifs is 3. The summed E-state index contributed by atoms with van der Waals surface area (Å²) in [7, 11) is 0. The first-order valence-corrected chi connectivity index (χ1v) is 6.28. The maximum atomic E-state index is 7.10. The molecule has 0 amide bonds. The lowest BCUT2D eigenvalue weighted by Gasteiger charge is -2.08. The highest BCUT2D eigenvalue weighted by atomic mass is 35.5. The zero-order valence-corrected chi connectivity index (χ0v) is 11.0. The van der Waals surface area contributed by atoms with Gasteiger partial charge in [0.1, 0.15) is 11.5 Å². The number of ether oxygens (including phenoxy) is 1. The summed E-state index contributed by atoms with van der Waals surface area (Å²) >= 11 is 6.01. The van der Waals surface area contributed by atoms with E-state index in [-0.39, 0.29) is 0 Å². The molecule has 3 rings (SSSR count). The molecule has 3 N–H and O–H groups in total. The van der Waals surface area contributed by atoms with E-state index in [1.165, 1.54) is 6.20 Å². The molecule has 0 fully saturated rings. The van der Waals surface area contributed by atoms with Crippen LogP contribution in [0.4, 0.5) is 23.1 Å². The van der Waals surface area contributed by atoms with Gasteiger partial charge >= 0.3 is 0 Å². The van der Waals surface area contributed by atoms with Crippen molar-refractivity contribution in [3.63, 3.8) is 0 Å². The molecule has 2 aromatic heterocycles. The lowest BCUT2D eigenvalue weighted by atomic mass is 10.4. The van der Waals surface area contributed by atoms with Crippen molar-refractivity contribution in [2.45, 2.75) is 6.42 Å². The number of halogens is 1. The van der Waals surface area contributed by atoms with Gasteiger partial charge in [-0.1, -0.05) is 11.6 Å². The van der Waals surface area contributed by atoms with Crippen LogP contribution in [0.3, 0.4) is 0 Å². The van der Waals surface area contributed by atoms with Gasteiger partial charge in [0.25, 0.3) is 5.88 Å². The summed E-state index contributed by atoms with van der Waals surface area (Å²) in [4.78, 5) is 11.7. The van der Waals surface area contributed by atoms with Crippen molar-refractivity contribution >= 4 is 34.7 Å². The number of anilines is 3. The van der Waals surface area contributed by atoms with Gasteiger partial charge in [0.2, 0.25) is 11.6 Å². The van der Waals surface area contributed by atoms with Crippen molar-refractivity contribution in [3.8, 4) is 5.88 Å². The second-order valence-corrected chi connectivity index (χ2v) is 4.39. The second kappa shape index (κ2) is 5.22. The van der Waals surface area contributed by atoms with Crippen LogP contribution in [0.1, 0.15) is 6.42 Å². The zero-order valence-electron chi connectivity index (χ0n) is 10.3. The molecule has 0 aliphatic carbocycles. The number of nitrogens with one attached hydrogen (secondary N) is 3. The summed E-state index contributed by atoms with van der Waals surface area (Å²) in [6.45, 7) is 8.20. The van der Waals surface area contributed by atoms with Gasteiger partial charge in [0.15, 0.2) is 5.15 Å². The average Bonchev–Trinajstić information content (AvgIpc) is 2.78. The smallest absolute Gasteiger partial charge is 0.258 e. The maximum Gasteiger partial charge on any atom is 0.258 e. The predicted molar refractivity (Wildman–Crippen MR) is 73.8 cm³/mol. The number of aromatic amines is 1. The third kappa shape index (κ3) is 2.31. The third-order valence-corrected chi connectivity index (χ3v) is 2.94. The molecule has 0 radical (unpaired) electrons. The summed E-state index contributed by atoms with van der Waals surface area (Å²) in [5, 5.41) is 12.9. The molecule has 102 valence electrons. The Hall–Kier alpha value is -2.53. The molecule has 20 heavy (non-hydrogen) atoms. The van der Waals surface area contributed by atoms with Gasteiger partial charge in [-0.05, 0) is 6.42 Å². The Morgan fingerprint density at radius 2 is 2.35 bits per heavy atom. The molecule has 3 heterocycles. The van der Waals surface area contributed by atoms with Crippen molar-refractivity contribution in [2.24, 2.45) is 0 Å². The van der Waals surface area contributed by atoms with Crippen molar-refractivity contribution in [1.29, 1.82) is 0 Å². The average molecular weight is 292 g/mol. The van der Waals surface area contributed by atoms with Gasteiger partial charge in [-0.25, -0.2) is 14.8 Å². The Morgan fingerprint density at radius 3 is 3.20 bits per heavy atom. The molecule has 0 saturated heterocycles. The molecule has 0 spiro atoms. The molecule has 0 unspecified atom stereocenters. The van der Waals surface area contributed by atoms with Crippen molar-refractivity contribution < 1.29 is 4.74 Å². The van der Waals surface area contributed by atoms with Gasteiger partial charge in [-0.3, -0.25) is 5.10 Å². The zero-order chi connectivity index (χ0) is 13.9. The molecule has 2 bridgehead atoms. The minimum atomic E-state index is 0.312. The van der Waals surface area contributed by atoms with E-state index in [4.69, 9.17) is 22.9 Å². The van der Waals surface area contributed by atoms with Gasteiger partial charge in [-0.2, -0.15) is 0 Å². The summed E-state index contributed by atoms with van der Waals surface area (Å²) in [6.07, 6.45) is 2.19. The molecule has 1 aliphatic rings. The standard InChI is InChI=1S/C11H10ClN7O/c1-13-6-5-15-11-16-7-8(12)18-19-10(7)20-4-2-3-14-9(6)17-11/h5H,2-4H2,(H,18,19)(H2,14,15,16,17). The van der Waals surface area contributed by atoms with Crippen LogP contribution in [0.5, 0.6) is 5.88 Å². The molecule has 2 aromatic rings. The molecular weight excluding hydrogens is 282 g/mol. The van der Waals surface area contributed by atoms with E-state index in [9.17, 15) is 0 Å². The lowest BCUT2D eigenvalue weighted by molar-refractivity contribution is 0.304. The number of aromatic nitrogens is 4. The van der Waals surface area contributed by atoms with Crippen molar-refractivity contribution in [2.75, 3.05) is 23.8 Å². The fourth-order valence-corrected chi connectivity index (χ4v) is 1.90. The molecule has 1 aliphatic heterocycles. The summed E-state index contributed by atoms with van der Waals surface area (Å²) in [5.74, 6) is 1.17. The first-order valence-electron chi connectivity index (χ1n) is 5.90. The SMILES string of the molecule is [C-]#[N+]c1cnc2nc1NCCCOc1n[nH]c(Cl)c1N2. The highest BCUT2D eigenvalue weighted by molar-refractivity contribution is 6.32. The van der Waals surface area contributed by atoms with Crippen LogP contribution >= 0.6 is 11.6 Å². The van der Waals surface area contributed by atoms with Crippen LogP contribution in [0.15, 0.2) is 6.20 Å². The number of rotatable bonds is 0. The number of nitrogens with zero attached hydrogens (tertiary/aromatic N) is 4. The molecule has 8 nitrogen and oxygen atoms in total. The fraction of sp³-hybridized carbons (Fsp3) is 0.273. The van der Waals surface area contributed by atoms with Crippen LogP contribution < -0.4 is 15.4 Å². The van der Waals surface area contributed by atoms with E-state index in [0.717, 1.165) is 6.42 Å². The van der Waals surface area contributed by atoms with E-state index in [1.54, 1.807) is 0 Å². The number of hydrogen-bond donors (Lipinski definition) is 3. The van der Waals surface area contributed by atoms with E-state index >= 15 is 0 Å². The highest BCUT2D eigenvalue weighted by Crippen LogP contribution is 2.33. The summed E-state index contributed by atoms with van der Waals surface area (Å²) in [6, 6.07) is 0. The normalized spacial score (nSPS) is 13.8. The topological polar surface area (TPSA) is 92.1 Å². The first kappa shape index (κ1) is 12.5. The van der Waals surface area contributed by atoms with E-state index in [1.807, 2.05) is 0 Å². The Bertz CT molecular complexity index is 678. The van der Waals surface area contributed by atoms with Gasteiger partial charge in [-0.15, -0.1) is 5.10 Å². The van der Waals surface area contributed by atoms with Crippen molar-refractivity contribution in [1.82, 2.24) is 20.2 Å². The minimum Gasteiger partial charge on any atom is -0.475 e. The van der Waals surface area contributed by atoms with Crippen LogP contribution in [-0.2, 0) is 0 Å². The fourth-order valence-electron chi connectivity index (χ4n) is 1.73. The highest BCUT2D eigenvalue weighted by Gasteiger charge is 2.16. The quantitative estimate of drug-likeness (QED) is 0.645. The lowest BCUT2D eigenvalue weighted by Crippen LogP contribution is -2.08. The summed E-state index contributed by atoms with van der Waals surface area (Å²) < 4.78 is 5.53. The largest absolute Gasteiger partial charge is 0.475 e. The first-order chi connectivity index (χ1) is 9.78. The van der Waals surface area contributed by atoms with Crippen LogP contribution in [0.25, 0.3) is 4.85 Å². The molecule has 0 aromatic carbocycles. The van der Waals surface area contributed by atoms with Crippen molar-refractivity contribution in [3.05, 3.63) is 22.8 Å². The van der Waals surface area contributed by atoms with Gasteiger partial charge < -0.3 is 15.4 Å². The van der Waals surface area contributed by atoms with E-state index < -0.39 is 0 Å². The second-order valence-electron chi connectivity index (χ2n) is 4.01. The Balaban J connectivity index is 2.03. The molecule has 0 atom stereocenters. The number of H-pyrrole nitrogens is 1. The summed E-state index contributed by atoms with van der Waals surface area (Å²) in [5.41, 5.74) is 0.851. The molecule has 9 heteroatoms. The maximum absolute atomic E-state index is 7.10.